The molecule has 4 rings (SSSR count). The molecule has 0 aliphatic carbocycles. The summed E-state index contributed by atoms with van der Waals surface area (Å²) in [5.41, 5.74) is 1.35. The number of anilines is 2. The van der Waals surface area contributed by atoms with E-state index in [9.17, 15) is 9.59 Å². The summed E-state index contributed by atoms with van der Waals surface area (Å²) in [6.45, 7) is 4.90. The van der Waals surface area contributed by atoms with E-state index in [-0.39, 0.29) is 11.8 Å². The van der Waals surface area contributed by atoms with Gasteiger partial charge >= 0.3 is 0 Å². The van der Waals surface area contributed by atoms with Crippen LogP contribution in [0.5, 0.6) is 0 Å². The maximum absolute atomic E-state index is 12.7. The SMILES string of the molecule is O=C(CN1CCN(c2ncc(C(=O)N3CCCCC3)cc2Cl)CC1)Nc1ccccc1. The molecule has 3 heterocycles. The predicted molar refractivity (Wildman–Crippen MR) is 123 cm³/mol. The smallest absolute Gasteiger partial charge is 0.255 e. The van der Waals surface area contributed by atoms with Crippen molar-refractivity contribution in [1.82, 2.24) is 14.8 Å². The molecule has 1 N–H and O–H groups in total. The number of piperazine rings is 1. The van der Waals surface area contributed by atoms with Crippen molar-refractivity contribution in [1.29, 1.82) is 0 Å². The van der Waals surface area contributed by atoms with Crippen LogP contribution in [-0.4, -0.2) is 72.4 Å². The number of pyridine rings is 1. The van der Waals surface area contributed by atoms with E-state index in [1.807, 2.05) is 35.2 Å². The molecule has 2 aliphatic heterocycles. The molecule has 0 saturated carbocycles. The molecule has 0 unspecified atom stereocenters. The predicted octanol–water partition coefficient (Wildman–Crippen LogP) is 3.12. The molecule has 0 atom stereocenters. The molecule has 0 spiro atoms. The van der Waals surface area contributed by atoms with Crippen LogP contribution in [0.3, 0.4) is 0 Å². The zero-order chi connectivity index (χ0) is 21.6. The number of para-hydroxylation sites is 1. The Morgan fingerprint density at radius 2 is 1.68 bits per heavy atom. The normalized spacial score (nSPS) is 17.5. The third-order valence-electron chi connectivity index (χ3n) is 5.81. The van der Waals surface area contributed by atoms with Gasteiger partial charge in [0.1, 0.15) is 5.82 Å². The summed E-state index contributed by atoms with van der Waals surface area (Å²) >= 11 is 6.50. The summed E-state index contributed by atoms with van der Waals surface area (Å²) in [7, 11) is 0. The largest absolute Gasteiger partial charge is 0.353 e. The molecule has 0 radical (unpaired) electrons. The van der Waals surface area contributed by atoms with Gasteiger partial charge in [-0.1, -0.05) is 29.8 Å². The van der Waals surface area contributed by atoms with Crippen LogP contribution < -0.4 is 10.2 Å². The molecule has 2 fully saturated rings. The number of nitrogens with one attached hydrogen (secondary N) is 1. The quantitative estimate of drug-likeness (QED) is 0.772. The lowest BCUT2D eigenvalue weighted by Crippen LogP contribution is -2.49. The van der Waals surface area contributed by atoms with Gasteiger partial charge in [0.25, 0.3) is 5.91 Å². The molecule has 164 valence electrons. The van der Waals surface area contributed by atoms with E-state index in [2.05, 4.69) is 20.1 Å². The average Bonchev–Trinajstić information content (AvgIpc) is 2.80. The lowest BCUT2D eigenvalue weighted by molar-refractivity contribution is -0.117. The number of nitrogens with zero attached hydrogens (tertiary/aromatic N) is 4. The van der Waals surface area contributed by atoms with Crippen LogP contribution in [-0.2, 0) is 4.79 Å². The van der Waals surface area contributed by atoms with E-state index >= 15 is 0 Å². The number of amides is 2. The van der Waals surface area contributed by atoms with Crippen molar-refractivity contribution >= 4 is 34.9 Å². The molecule has 1 aromatic carbocycles. The number of hydrogen-bond donors (Lipinski definition) is 1. The highest BCUT2D eigenvalue weighted by Gasteiger charge is 2.24. The van der Waals surface area contributed by atoms with Crippen molar-refractivity contribution in [3.8, 4) is 0 Å². The van der Waals surface area contributed by atoms with Gasteiger partial charge in [0.05, 0.1) is 17.1 Å². The molecule has 8 heteroatoms. The minimum absolute atomic E-state index is 0.00916. The number of hydrogen-bond acceptors (Lipinski definition) is 5. The van der Waals surface area contributed by atoms with E-state index in [1.165, 1.54) is 6.42 Å². The molecule has 2 aromatic rings. The highest BCUT2D eigenvalue weighted by atomic mass is 35.5. The van der Waals surface area contributed by atoms with Crippen LogP contribution in [0, 0.1) is 0 Å². The summed E-state index contributed by atoms with van der Waals surface area (Å²) in [5, 5.41) is 3.42. The highest BCUT2D eigenvalue weighted by molar-refractivity contribution is 6.33. The number of halogens is 1. The Hall–Kier alpha value is -2.64. The van der Waals surface area contributed by atoms with E-state index in [0.29, 0.717) is 22.9 Å². The van der Waals surface area contributed by atoms with Gasteiger partial charge in [-0.05, 0) is 37.5 Å². The molecular weight excluding hydrogens is 414 g/mol. The minimum Gasteiger partial charge on any atom is -0.353 e. The van der Waals surface area contributed by atoms with Crippen LogP contribution in [0.25, 0.3) is 0 Å². The van der Waals surface area contributed by atoms with Crippen LogP contribution in [0.1, 0.15) is 29.6 Å². The van der Waals surface area contributed by atoms with Gasteiger partial charge < -0.3 is 15.1 Å². The molecule has 31 heavy (non-hydrogen) atoms. The zero-order valence-electron chi connectivity index (χ0n) is 17.6. The van der Waals surface area contributed by atoms with Gasteiger partial charge in [0.15, 0.2) is 0 Å². The van der Waals surface area contributed by atoms with Crippen LogP contribution in [0.4, 0.5) is 11.5 Å². The Bertz CT molecular complexity index is 909. The fraction of sp³-hybridized carbons (Fsp3) is 0.435. The van der Waals surface area contributed by atoms with Gasteiger partial charge in [-0.15, -0.1) is 0 Å². The Balaban J connectivity index is 1.30. The van der Waals surface area contributed by atoms with Gasteiger partial charge in [0, 0.05) is 51.2 Å². The number of likely N-dealkylation sites (tertiary alicyclic amines) is 1. The molecule has 7 nitrogen and oxygen atoms in total. The average molecular weight is 442 g/mol. The molecule has 2 amide bonds. The number of piperidine rings is 1. The first-order valence-electron chi connectivity index (χ1n) is 10.9. The van der Waals surface area contributed by atoms with Gasteiger partial charge in [0.2, 0.25) is 5.91 Å². The zero-order valence-corrected chi connectivity index (χ0v) is 18.4. The fourth-order valence-electron chi connectivity index (χ4n) is 4.10. The monoisotopic (exact) mass is 441 g/mol. The number of carbonyl (C=O) groups excluding carboxylic acids is 2. The van der Waals surface area contributed by atoms with Crippen molar-refractivity contribution in [3.63, 3.8) is 0 Å². The summed E-state index contributed by atoms with van der Waals surface area (Å²) < 4.78 is 0. The summed E-state index contributed by atoms with van der Waals surface area (Å²) in [6.07, 6.45) is 4.93. The van der Waals surface area contributed by atoms with Crippen molar-refractivity contribution in [2.45, 2.75) is 19.3 Å². The van der Waals surface area contributed by atoms with Crippen LogP contribution in [0.2, 0.25) is 5.02 Å². The Morgan fingerprint density at radius 1 is 0.968 bits per heavy atom. The Kier molecular flexibility index (Phi) is 7.04. The minimum atomic E-state index is -0.0172. The topological polar surface area (TPSA) is 68.8 Å². The van der Waals surface area contributed by atoms with Crippen molar-refractivity contribution in [2.24, 2.45) is 0 Å². The lowest BCUT2D eigenvalue weighted by atomic mass is 10.1. The molecule has 1 aromatic heterocycles. The second kappa shape index (κ2) is 10.1. The molecule has 0 bridgehead atoms. The fourth-order valence-corrected chi connectivity index (χ4v) is 4.39. The first-order valence-corrected chi connectivity index (χ1v) is 11.2. The van der Waals surface area contributed by atoms with Crippen LogP contribution >= 0.6 is 11.6 Å². The van der Waals surface area contributed by atoms with Crippen molar-refractivity contribution < 1.29 is 9.59 Å². The van der Waals surface area contributed by atoms with Gasteiger partial charge in [-0.25, -0.2) is 4.98 Å². The Morgan fingerprint density at radius 3 is 2.35 bits per heavy atom. The van der Waals surface area contributed by atoms with E-state index < -0.39 is 0 Å². The van der Waals surface area contributed by atoms with Crippen LogP contribution in [0.15, 0.2) is 42.6 Å². The molecular formula is C23H28ClN5O2. The molecule has 2 aliphatic rings. The number of carbonyl (C=O) groups is 2. The highest BCUT2D eigenvalue weighted by Crippen LogP contribution is 2.26. The summed E-state index contributed by atoms with van der Waals surface area (Å²) in [6, 6.07) is 11.2. The van der Waals surface area contributed by atoms with E-state index in [0.717, 1.165) is 57.8 Å². The standard InChI is InChI=1S/C23H28ClN5O2/c24-20-15-18(23(31)29-9-5-2-6-10-29)16-25-22(20)28-13-11-27(12-14-28)17-21(30)26-19-7-3-1-4-8-19/h1,3-4,7-8,15-16H,2,5-6,9-14,17H2,(H,26,30). The van der Waals surface area contributed by atoms with E-state index in [4.69, 9.17) is 11.6 Å². The third-order valence-corrected chi connectivity index (χ3v) is 6.09. The maximum Gasteiger partial charge on any atom is 0.255 e. The lowest BCUT2D eigenvalue weighted by Gasteiger charge is -2.35. The van der Waals surface area contributed by atoms with Gasteiger partial charge in [-0.3, -0.25) is 14.5 Å². The summed E-state index contributed by atoms with van der Waals surface area (Å²) in [4.78, 5) is 35.6. The second-order valence-corrected chi connectivity index (χ2v) is 8.47. The van der Waals surface area contributed by atoms with E-state index in [1.54, 1.807) is 12.3 Å². The van der Waals surface area contributed by atoms with Crippen molar-refractivity contribution in [2.75, 3.05) is 56.0 Å². The number of aromatic nitrogens is 1. The first kappa shape index (κ1) is 21.6. The van der Waals surface area contributed by atoms with Crippen molar-refractivity contribution in [3.05, 3.63) is 53.2 Å². The summed E-state index contributed by atoms with van der Waals surface area (Å²) in [5.74, 6) is 0.691. The maximum atomic E-state index is 12.7. The Labute approximate surface area is 188 Å². The third kappa shape index (κ3) is 5.54. The number of rotatable bonds is 5. The number of benzene rings is 1. The van der Waals surface area contributed by atoms with Gasteiger partial charge in [-0.2, -0.15) is 0 Å². The molecule has 2 saturated heterocycles. The second-order valence-electron chi connectivity index (χ2n) is 8.06. The first-order chi connectivity index (χ1) is 15.1.